The predicted molar refractivity (Wildman–Crippen MR) is 76.2 cm³/mol. The molecular formula is C14H22N4O. The van der Waals surface area contributed by atoms with Gasteiger partial charge in [-0.3, -0.25) is 4.79 Å². The highest BCUT2D eigenvalue weighted by molar-refractivity contribution is 5.97. The van der Waals surface area contributed by atoms with Crippen LogP contribution in [0.15, 0.2) is 6.07 Å². The molecule has 1 aliphatic carbocycles. The van der Waals surface area contributed by atoms with Crippen molar-refractivity contribution in [2.24, 2.45) is 11.5 Å². The number of hydrogen-bond acceptors (Lipinski definition) is 4. The van der Waals surface area contributed by atoms with E-state index in [1.807, 2.05) is 13.0 Å². The summed E-state index contributed by atoms with van der Waals surface area (Å²) in [7, 11) is 0. The molecule has 1 unspecified atom stereocenters. The van der Waals surface area contributed by atoms with Crippen LogP contribution in [0.5, 0.6) is 0 Å². The topological polar surface area (TPSA) is 94.0 Å². The van der Waals surface area contributed by atoms with E-state index in [9.17, 15) is 4.79 Å². The fourth-order valence-electron chi connectivity index (χ4n) is 2.37. The van der Waals surface area contributed by atoms with E-state index in [-0.39, 0.29) is 6.04 Å². The first-order valence-corrected chi connectivity index (χ1v) is 6.90. The van der Waals surface area contributed by atoms with Gasteiger partial charge in [-0.1, -0.05) is 0 Å². The molecule has 0 radical (unpaired) electrons. The molecule has 5 N–H and O–H groups in total. The first kappa shape index (κ1) is 13.8. The maximum atomic E-state index is 11.5. The van der Waals surface area contributed by atoms with E-state index >= 15 is 0 Å². The van der Waals surface area contributed by atoms with Gasteiger partial charge in [0.2, 0.25) is 0 Å². The fourth-order valence-corrected chi connectivity index (χ4v) is 2.37. The van der Waals surface area contributed by atoms with Crippen molar-refractivity contribution < 1.29 is 4.79 Å². The van der Waals surface area contributed by atoms with Crippen molar-refractivity contribution in [2.45, 2.75) is 45.1 Å². The summed E-state index contributed by atoms with van der Waals surface area (Å²) in [6, 6.07) is 2.03. The average Bonchev–Trinajstić information content (AvgIpc) is 2.37. The van der Waals surface area contributed by atoms with Crippen LogP contribution in [0.4, 0.5) is 5.82 Å². The standard InChI is InChI=1S/C14H22N4O/c1-9(15)6-7-17-14-11(13(16)19)8-10-4-2-3-5-12(10)18-14/h8-9H,2-7,15H2,1H3,(H2,16,19)(H,17,18). The third-order valence-electron chi connectivity index (χ3n) is 3.46. The number of aromatic nitrogens is 1. The summed E-state index contributed by atoms with van der Waals surface area (Å²) in [4.78, 5) is 16.1. The number of nitrogens with two attached hydrogens (primary N) is 2. The minimum Gasteiger partial charge on any atom is -0.369 e. The van der Waals surface area contributed by atoms with Crippen LogP contribution >= 0.6 is 0 Å². The highest BCUT2D eigenvalue weighted by atomic mass is 16.1. The number of nitrogens with one attached hydrogen (secondary N) is 1. The van der Waals surface area contributed by atoms with Crippen molar-refractivity contribution in [3.63, 3.8) is 0 Å². The molecule has 0 bridgehead atoms. The molecule has 0 aliphatic heterocycles. The van der Waals surface area contributed by atoms with Crippen LogP contribution < -0.4 is 16.8 Å². The Morgan fingerprint density at radius 1 is 1.47 bits per heavy atom. The van der Waals surface area contributed by atoms with E-state index in [1.165, 1.54) is 0 Å². The van der Waals surface area contributed by atoms with Gasteiger partial charge in [0.25, 0.3) is 5.91 Å². The van der Waals surface area contributed by atoms with Crippen LogP contribution in [-0.2, 0) is 12.8 Å². The Hall–Kier alpha value is -1.62. The van der Waals surface area contributed by atoms with Gasteiger partial charge in [-0.2, -0.15) is 0 Å². The van der Waals surface area contributed by atoms with Crippen LogP contribution in [-0.4, -0.2) is 23.5 Å². The molecule has 2 rings (SSSR count). The molecule has 0 saturated heterocycles. The zero-order valence-corrected chi connectivity index (χ0v) is 11.4. The number of anilines is 1. The summed E-state index contributed by atoms with van der Waals surface area (Å²) in [6.07, 6.45) is 5.12. The van der Waals surface area contributed by atoms with Gasteiger partial charge in [0.15, 0.2) is 0 Å². The van der Waals surface area contributed by atoms with E-state index in [1.54, 1.807) is 0 Å². The Kier molecular flexibility index (Phi) is 4.37. The number of carbonyl (C=O) groups is 1. The van der Waals surface area contributed by atoms with Crippen LogP contribution in [0.3, 0.4) is 0 Å². The quantitative estimate of drug-likeness (QED) is 0.743. The molecule has 0 saturated carbocycles. The molecule has 1 aromatic heterocycles. The molecule has 1 amide bonds. The Morgan fingerprint density at radius 3 is 2.89 bits per heavy atom. The molecule has 0 spiro atoms. The highest BCUT2D eigenvalue weighted by Crippen LogP contribution is 2.24. The average molecular weight is 262 g/mol. The van der Waals surface area contributed by atoms with Crippen molar-refractivity contribution in [1.82, 2.24) is 4.98 Å². The third kappa shape index (κ3) is 3.44. The Labute approximate surface area is 113 Å². The van der Waals surface area contributed by atoms with Gasteiger partial charge in [-0.25, -0.2) is 4.98 Å². The monoisotopic (exact) mass is 262 g/mol. The number of carbonyl (C=O) groups excluding carboxylic acids is 1. The smallest absolute Gasteiger partial charge is 0.252 e. The number of nitrogens with zero attached hydrogens (tertiary/aromatic N) is 1. The van der Waals surface area contributed by atoms with Crippen molar-refractivity contribution in [2.75, 3.05) is 11.9 Å². The van der Waals surface area contributed by atoms with Gasteiger partial charge < -0.3 is 16.8 Å². The summed E-state index contributed by atoms with van der Waals surface area (Å²) in [5.41, 5.74) is 13.9. The van der Waals surface area contributed by atoms with E-state index in [0.29, 0.717) is 17.9 Å². The second-order valence-electron chi connectivity index (χ2n) is 5.25. The molecule has 0 fully saturated rings. The van der Waals surface area contributed by atoms with Gasteiger partial charge in [0.05, 0.1) is 5.56 Å². The van der Waals surface area contributed by atoms with Crippen molar-refractivity contribution in [1.29, 1.82) is 0 Å². The zero-order chi connectivity index (χ0) is 13.8. The molecule has 1 heterocycles. The molecule has 104 valence electrons. The summed E-state index contributed by atoms with van der Waals surface area (Å²) < 4.78 is 0. The van der Waals surface area contributed by atoms with Crippen LogP contribution in [0.25, 0.3) is 0 Å². The van der Waals surface area contributed by atoms with Gasteiger partial charge >= 0.3 is 0 Å². The number of pyridine rings is 1. The van der Waals surface area contributed by atoms with E-state index in [2.05, 4.69) is 10.3 Å². The van der Waals surface area contributed by atoms with Crippen molar-refractivity contribution in [3.8, 4) is 0 Å². The fraction of sp³-hybridized carbons (Fsp3) is 0.571. The van der Waals surface area contributed by atoms with Crippen molar-refractivity contribution in [3.05, 3.63) is 22.9 Å². The third-order valence-corrected chi connectivity index (χ3v) is 3.46. The molecule has 5 nitrogen and oxygen atoms in total. The molecule has 1 aromatic rings. The molecule has 5 heteroatoms. The number of amides is 1. The Bertz CT molecular complexity index is 471. The number of primary amides is 1. The SMILES string of the molecule is CC(N)CCNc1nc2c(cc1C(N)=O)CCCC2. The lowest BCUT2D eigenvalue weighted by Gasteiger charge is -2.18. The van der Waals surface area contributed by atoms with Gasteiger partial charge in [0, 0.05) is 18.3 Å². The van der Waals surface area contributed by atoms with Gasteiger partial charge in [0.1, 0.15) is 5.82 Å². The molecule has 19 heavy (non-hydrogen) atoms. The first-order valence-electron chi connectivity index (χ1n) is 6.90. The molecule has 1 atom stereocenters. The molecule has 1 aliphatic rings. The Morgan fingerprint density at radius 2 is 2.21 bits per heavy atom. The summed E-state index contributed by atoms with van der Waals surface area (Å²) >= 11 is 0. The van der Waals surface area contributed by atoms with E-state index < -0.39 is 5.91 Å². The van der Waals surface area contributed by atoms with Crippen LogP contribution in [0.1, 0.15) is 47.8 Å². The minimum absolute atomic E-state index is 0.127. The molecular weight excluding hydrogens is 240 g/mol. The normalized spacial score (nSPS) is 15.7. The summed E-state index contributed by atoms with van der Waals surface area (Å²) in [5.74, 6) is 0.179. The van der Waals surface area contributed by atoms with E-state index in [4.69, 9.17) is 11.5 Å². The lowest BCUT2D eigenvalue weighted by molar-refractivity contribution is 0.100. The lowest BCUT2D eigenvalue weighted by Crippen LogP contribution is -2.22. The second-order valence-corrected chi connectivity index (χ2v) is 5.25. The van der Waals surface area contributed by atoms with Crippen LogP contribution in [0.2, 0.25) is 0 Å². The number of hydrogen-bond donors (Lipinski definition) is 3. The number of rotatable bonds is 5. The number of fused-ring (bicyclic) bond motifs is 1. The summed E-state index contributed by atoms with van der Waals surface area (Å²) in [6.45, 7) is 2.65. The number of aryl methyl sites for hydroxylation is 2. The summed E-state index contributed by atoms with van der Waals surface area (Å²) in [5, 5.41) is 3.18. The van der Waals surface area contributed by atoms with Crippen molar-refractivity contribution >= 4 is 11.7 Å². The van der Waals surface area contributed by atoms with Gasteiger partial charge in [-0.15, -0.1) is 0 Å². The van der Waals surface area contributed by atoms with E-state index in [0.717, 1.165) is 43.4 Å². The maximum absolute atomic E-state index is 11.5. The molecule has 0 aromatic carbocycles. The highest BCUT2D eigenvalue weighted by Gasteiger charge is 2.17. The van der Waals surface area contributed by atoms with Gasteiger partial charge in [-0.05, 0) is 50.7 Å². The maximum Gasteiger partial charge on any atom is 0.252 e. The van der Waals surface area contributed by atoms with Crippen LogP contribution in [0, 0.1) is 0 Å². The lowest BCUT2D eigenvalue weighted by atomic mass is 9.94. The first-order chi connectivity index (χ1) is 9.08. The predicted octanol–water partition coefficient (Wildman–Crippen LogP) is 1.21. The Balaban J connectivity index is 2.21. The second kappa shape index (κ2) is 6.02. The minimum atomic E-state index is -0.427. The zero-order valence-electron chi connectivity index (χ0n) is 11.4. The largest absolute Gasteiger partial charge is 0.369 e.